The van der Waals surface area contributed by atoms with Crippen LogP contribution in [0.1, 0.15) is 37.4 Å². The maximum absolute atomic E-state index is 5.85. The topological polar surface area (TPSA) is 64.0 Å². The first-order valence-corrected chi connectivity index (χ1v) is 9.07. The van der Waals surface area contributed by atoms with Gasteiger partial charge in [0.25, 0.3) is 0 Å². The van der Waals surface area contributed by atoms with Gasteiger partial charge in [-0.15, -0.1) is 0 Å². The maximum atomic E-state index is 5.85. The lowest BCUT2D eigenvalue weighted by molar-refractivity contribution is 0.156. The first-order chi connectivity index (χ1) is 10.8. The molecule has 0 aromatic carbocycles. The number of aromatic nitrogens is 4. The number of anilines is 1. The molecule has 0 spiro atoms. The van der Waals surface area contributed by atoms with E-state index in [1.807, 2.05) is 0 Å². The van der Waals surface area contributed by atoms with Crippen molar-refractivity contribution >= 4 is 32.6 Å². The molecule has 0 atom stereocenters. The Hall–Kier alpha value is -1.28. The van der Waals surface area contributed by atoms with Crippen molar-refractivity contribution in [3.8, 4) is 6.01 Å². The molecule has 1 saturated carbocycles. The molecule has 0 N–H and O–H groups in total. The van der Waals surface area contributed by atoms with Crippen LogP contribution in [0.2, 0.25) is 0 Å². The van der Waals surface area contributed by atoms with Crippen molar-refractivity contribution in [1.29, 1.82) is 0 Å². The number of rotatable bonds is 4. The fraction of sp³-hybridized carbons (Fsp3) is 0.571. The molecule has 4 rings (SSSR count). The largest absolute Gasteiger partial charge is 0.460 e. The van der Waals surface area contributed by atoms with Crippen LogP contribution in [0.25, 0.3) is 0 Å². The molecule has 0 unspecified atom stereocenters. The Bertz CT molecular complexity index is 637. The molecule has 2 aromatic rings. The average Bonchev–Trinajstić information content (AvgIpc) is 3.28. The van der Waals surface area contributed by atoms with E-state index >= 15 is 0 Å². The van der Waals surface area contributed by atoms with E-state index in [-0.39, 0.29) is 6.10 Å². The van der Waals surface area contributed by atoms with Crippen molar-refractivity contribution in [2.45, 2.75) is 37.7 Å². The molecule has 22 heavy (non-hydrogen) atoms. The monoisotopic (exact) mass is 381 g/mol. The second-order valence-electron chi connectivity index (χ2n) is 5.70. The van der Waals surface area contributed by atoms with Crippen LogP contribution in [0.3, 0.4) is 0 Å². The first kappa shape index (κ1) is 14.3. The van der Waals surface area contributed by atoms with Crippen molar-refractivity contribution < 1.29 is 4.74 Å². The number of nitrogens with zero attached hydrogens (tertiary/aromatic N) is 5. The fourth-order valence-corrected chi connectivity index (χ4v) is 3.54. The summed E-state index contributed by atoms with van der Waals surface area (Å²) in [5.74, 6) is 1.67. The molecule has 1 saturated heterocycles. The SMILES string of the molecule is Brc1cnc(OC2CCN(c3nc(C4CC4)ns3)CC2)nc1. The van der Waals surface area contributed by atoms with Gasteiger partial charge in [-0.1, -0.05) is 0 Å². The lowest BCUT2D eigenvalue weighted by Crippen LogP contribution is -2.38. The second kappa shape index (κ2) is 6.08. The predicted molar refractivity (Wildman–Crippen MR) is 87.5 cm³/mol. The van der Waals surface area contributed by atoms with Crippen LogP contribution in [0.15, 0.2) is 16.9 Å². The van der Waals surface area contributed by atoms with Gasteiger partial charge in [0.15, 0.2) is 0 Å². The highest BCUT2D eigenvalue weighted by molar-refractivity contribution is 9.10. The van der Waals surface area contributed by atoms with Gasteiger partial charge in [-0.05, 0) is 28.8 Å². The summed E-state index contributed by atoms with van der Waals surface area (Å²) in [6.07, 6.45) is 8.00. The van der Waals surface area contributed by atoms with Gasteiger partial charge in [0, 0.05) is 55.8 Å². The van der Waals surface area contributed by atoms with Crippen LogP contribution in [-0.2, 0) is 0 Å². The van der Waals surface area contributed by atoms with E-state index in [9.17, 15) is 0 Å². The fourth-order valence-electron chi connectivity index (χ4n) is 2.54. The summed E-state index contributed by atoms with van der Waals surface area (Å²) in [5, 5.41) is 1.06. The third-order valence-corrected chi connectivity index (χ3v) is 5.16. The van der Waals surface area contributed by atoms with Gasteiger partial charge in [0.05, 0.1) is 4.47 Å². The van der Waals surface area contributed by atoms with Gasteiger partial charge in [-0.25, -0.2) is 15.0 Å². The molecule has 2 aromatic heterocycles. The molecule has 1 aliphatic carbocycles. The third kappa shape index (κ3) is 3.22. The minimum Gasteiger partial charge on any atom is -0.460 e. The molecule has 1 aliphatic heterocycles. The molecule has 0 radical (unpaired) electrons. The van der Waals surface area contributed by atoms with Crippen LogP contribution in [0, 0.1) is 0 Å². The zero-order valence-electron chi connectivity index (χ0n) is 12.0. The minimum absolute atomic E-state index is 0.174. The lowest BCUT2D eigenvalue weighted by Gasteiger charge is -2.31. The van der Waals surface area contributed by atoms with Crippen LogP contribution >= 0.6 is 27.5 Å². The highest BCUT2D eigenvalue weighted by Crippen LogP contribution is 2.40. The Morgan fingerprint density at radius 1 is 1.14 bits per heavy atom. The Labute approximate surface area is 141 Å². The average molecular weight is 382 g/mol. The summed E-state index contributed by atoms with van der Waals surface area (Å²) < 4.78 is 11.2. The Morgan fingerprint density at radius 2 is 1.86 bits per heavy atom. The van der Waals surface area contributed by atoms with E-state index in [1.165, 1.54) is 24.4 Å². The summed E-state index contributed by atoms with van der Waals surface area (Å²) in [6.45, 7) is 1.89. The number of piperidine rings is 1. The zero-order valence-corrected chi connectivity index (χ0v) is 14.4. The van der Waals surface area contributed by atoms with Crippen LogP contribution < -0.4 is 9.64 Å². The Kier molecular flexibility index (Phi) is 3.96. The van der Waals surface area contributed by atoms with Crippen LogP contribution in [0.5, 0.6) is 6.01 Å². The number of halogens is 1. The highest BCUT2D eigenvalue weighted by Gasteiger charge is 2.29. The summed E-state index contributed by atoms with van der Waals surface area (Å²) in [6, 6.07) is 0.452. The summed E-state index contributed by atoms with van der Waals surface area (Å²) in [5.41, 5.74) is 0. The summed E-state index contributed by atoms with van der Waals surface area (Å²) >= 11 is 4.85. The summed E-state index contributed by atoms with van der Waals surface area (Å²) in [4.78, 5) is 15.3. The van der Waals surface area contributed by atoms with Gasteiger partial charge in [-0.3, -0.25) is 0 Å². The minimum atomic E-state index is 0.174. The molecular formula is C14H16BrN5OS. The molecule has 6 nitrogen and oxygen atoms in total. The Morgan fingerprint density at radius 3 is 2.55 bits per heavy atom. The molecule has 2 aliphatic rings. The van der Waals surface area contributed by atoms with E-state index < -0.39 is 0 Å². The van der Waals surface area contributed by atoms with Crippen molar-refractivity contribution in [2.24, 2.45) is 0 Å². The van der Waals surface area contributed by atoms with Crippen molar-refractivity contribution in [3.05, 3.63) is 22.7 Å². The lowest BCUT2D eigenvalue weighted by atomic mass is 10.1. The Balaban J connectivity index is 1.32. The van der Waals surface area contributed by atoms with Crippen molar-refractivity contribution in [3.63, 3.8) is 0 Å². The van der Waals surface area contributed by atoms with E-state index in [0.717, 1.165) is 41.4 Å². The molecule has 2 fully saturated rings. The molecule has 3 heterocycles. The third-order valence-electron chi connectivity index (χ3n) is 3.95. The van der Waals surface area contributed by atoms with E-state index in [0.29, 0.717) is 11.9 Å². The quantitative estimate of drug-likeness (QED) is 0.810. The smallest absolute Gasteiger partial charge is 0.316 e. The molecule has 0 bridgehead atoms. The zero-order chi connectivity index (χ0) is 14.9. The summed E-state index contributed by atoms with van der Waals surface area (Å²) in [7, 11) is 0. The number of hydrogen-bond donors (Lipinski definition) is 0. The molecule has 116 valence electrons. The molecule has 8 heteroatoms. The van der Waals surface area contributed by atoms with Gasteiger partial charge < -0.3 is 9.64 Å². The van der Waals surface area contributed by atoms with Crippen molar-refractivity contribution in [1.82, 2.24) is 19.3 Å². The van der Waals surface area contributed by atoms with Crippen LogP contribution in [0.4, 0.5) is 5.13 Å². The van der Waals surface area contributed by atoms with Crippen LogP contribution in [-0.4, -0.2) is 38.5 Å². The van der Waals surface area contributed by atoms with Gasteiger partial charge in [0.1, 0.15) is 11.9 Å². The number of hydrogen-bond acceptors (Lipinski definition) is 7. The van der Waals surface area contributed by atoms with E-state index in [2.05, 4.69) is 40.2 Å². The van der Waals surface area contributed by atoms with Gasteiger partial charge in [-0.2, -0.15) is 4.37 Å². The van der Waals surface area contributed by atoms with Crippen molar-refractivity contribution in [2.75, 3.05) is 18.0 Å². The van der Waals surface area contributed by atoms with E-state index in [4.69, 9.17) is 4.74 Å². The first-order valence-electron chi connectivity index (χ1n) is 7.51. The second-order valence-corrected chi connectivity index (χ2v) is 7.34. The predicted octanol–water partition coefficient (Wildman–Crippen LogP) is 3.02. The van der Waals surface area contributed by atoms with E-state index in [1.54, 1.807) is 12.4 Å². The molecular weight excluding hydrogens is 366 g/mol. The normalized spacial score (nSPS) is 19.4. The van der Waals surface area contributed by atoms with Gasteiger partial charge >= 0.3 is 6.01 Å². The van der Waals surface area contributed by atoms with Gasteiger partial charge in [0.2, 0.25) is 5.13 Å². The standard InChI is InChI=1S/C14H16BrN5OS/c15-10-7-16-13(17-8-10)21-11-3-5-20(6-4-11)14-18-12(19-22-14)9-1-2-9/h7-9,11H,1-6H2. The maximum Gasteiger partial charge on any atom is 0.316 e. The number of ether oxygens (including phenoxy) is 1. The molecule has 0 amide bonds. The highest BCUT2D eigenvalue weighted by atomic mass is 79.9.